The molecule has 0 bridgehead atoms. The molecule has 35 heavy (non-hydrogen) atoms. The Bertz CT molecular complexity index is 1320. The molecule has 1 saturated carbocycles. The lowest BCUT2D eigenvalue weighted by atomic mass is 9.97. The van der Waals surface area contributed by atoms with Crippen LogP contribution in [0.25, 0.3) is 0 Å². The van der Waals surface area contributed by atoms with Gasteiger partial charge in [0.05, 0.1) is 13.1 Å². The van der Waals surface area contributed by atoms with Crippen molar-refractivity contribution in [1.82, 2.24) is 13.9 Å². The maximum Gasteiger partial charge on any atom is 0.414 e. The Kier molecular flexibility index (Phi) is 6.24. The van der Waals surface area contributed by atoms with Gasteiger partial charge in [-0.25, -0.2) is 8.96 Å². The van der Waals surface area contributed by atoms with Crippen molar-refractivity contribution in [1.29, 1.82) is 0 Å². The SMILES string of the molecule is CO[C@@H]1CN(C(=O)c2c(C)cccc2C2CC2)C[C@H]1Oc1cccc(OS(=O)(=O)n2ccnc2)c1. The summed E-state index contributed by atoms with van der Waals surface area (Å²) < 4.78 is 42.6. The molecule has 5 rings (SSSR count). The normalized spacial score (nSPS) is 20.1. The van der Waals surface area contributed by atoms with Crippen molar-refractivity contribution in [2.24, 2.45) is 0 Å². The number of ether oxygens (including phenoxy) is 2. The van der Waals surface area contributed by atoms with Gasteiger partial charge in [0, 0.05) is 31.1 Å². The third-order valence-corrected chi connectivity index (χ3v) is 7.51. The third-order valence-electron chi connectivity index (χ3n) is 6.37. The molecule has 1 aromatic heterocycles. The van der Waals surface area contributed by atoms with E-state index in [2.05, 4.69) is 11.1 Å². The average molecular weight is 498 g/mol. The number of rotatable bonds is 8. The Labute approximate surface area is 204 Å². The first-order valence-corrected chi connectivity index (χ1v) is 12.8. The molecule has 2 aliphatic rings. The lowest BCUT2D eigenvalue weighted by Crippen LogP contribution is -2.32. The van der Waals surface area contributed by atoms with Crippen LogP contribution in [0.5, 0.6) is 11.5 Å². The van der Waals surface area contributed by atoms with Gasteiger partial charge >= 0.3 is 10.3 Å². The van der Waals surface area contributed by atoms with Crippen molar-refractivity contribution in [3.05, 3.63) is 77.9 Å². The molecule has 1 saturated heterocycles. The predicted molar refractivity (Wildman–Crippen MR) is 128 cm³/mol. The first-order valence-electron chi connectivity index (χ1n) is 11.5. The first-order chi connectivity index (χ1) is 16.9. The number of benzene rings is 2. The van der Waals surface area contributed by atoms with E-state index in [-0.39, 0.29) is 17.8 Å². The lowest BCUT2D eigenvalue weighted by Gasteiger charge is -2.20. The van der Waals surface area contributed by atoms with Crippen molar-refractivity contribution >= 4 is 16.2 Å². The summed E-state index contributed by atoms with van der Waals surface area (Å²) in [6.45, 7) is 2.73. The van der Waals surface area contributed by atoms with Crippen molar-refractivity contribution in [2.45, 2.75) is 37.9 Å². The minimum Gasteiger partial charge on any atom is -0.486 e. The summed E-state index contributed by atoms with van der Waals surface area (Å²) in [7, 11) is -2.48. The maximum absolute atomic E-state index is 13.5. The molecule has 0 radical (unpaired) electrons. The van der Waals surface area contributed by atoms with Gasteiger partial charge in [0.15, 0.2) is 0 Å². The molecule has 0 spiro atoms. The number of nitrogens with zero attached hydrogens (tertiary/aromatic N) is 3. The summed E-state index contributed by atoms with van der Waals surface area (Å²) in [6, 6.07) is 12.4. The van der Waals surface area contributed by atoms with Crippen LogP contribution in [-0.2, 0) is 15.0 Å². The molecule has 1 aliphatic heterocycles. The van der Waals surface area contributed by atoms with E-state index in [4.69, 9.17) is 13.7 Å². The summed E-state index contributed by atoms with van der Waals surface area (Å²) in [5.74, 6) is 0.967. The fourth-order valence-electron chi connectivity index (χ4n) is 4.44. The van der Waals surface area contributed by atoms with Crippen molar-refractivity contribution in [3.63, 3.8) is 0 Å². The fourth-order valence-corrected chi connectivity index (χ4v) is 5.25. The van der Waals surface area contributed by atoms with Gasteiger partial charge in [-0.1, -0.05) is 24.3 Å². The molecule has 9 nitrogen and oxygen atoms in total. The van der Waals surface area contributed by atoms with E-state index in [0.29, 0.717) is 24.8 Å². The highest BCUT2D eigenvalue weighted by atomic mass is 32.2. The molecule has 2 fully saturated rings. The Morgan fingerprint density at radius 3 is 2.51 bits per heavy atom. The summed E-state index contributed by atoms with van der Waals surface area (Å²) >= 11 is 0. The van der Waals surface area contributed by atoms with E-state index >= 15 is 0 Å². The number of aromatic nitrogens is 2. The highest BCUT2D eigenvalue weighted by molar-refractivity contribution is 7.85. The van der Waals surface area contributed by atoms with E-state index in [1.807, 2.05) is 19.1 Å². The Morgan fingerprint density at radius 2 is 1.80 bits per heavy atom. The van der Waals surface area contributed by atoms with Crippen LogP contribution in [0.4, 0.5) is 0 Å². The fraction of sp³-hybridized carbons (Fsp3) is 0.360. The molecule has 3 aromatic rings. The van der Waals surface area contributed by atoms with Gasteiger partial charge in [-0.2, -0.15) is 8.42 Å². The van der Waals surface area contributed by atoms with E-state index < -0.39 is 16.4 Å². The maximum atomic E-state index is 13.5. The first kappa shape index (κ1) is 23.4. The number of methoxy groups -OCH3 is 1. The summed E-state index contributed by atoms with van der Waals surface area (Å²) in [6.07, 6.45) is 5.27. The highest BCUT2D eigenvalue weighted by Crippen LogP contribution is 2.42. The summed E-state index contributed by atoms with van der Waals surface area (Å²) in [4.78, 5) is 19.0. The quantitative estimate of drug-likeness (QED) is 0.471. The van der Waals surface area contributed by atoms with Crippen LogP contribution < -0.4 is 8.92 Å². The monoisotopic (exact) mass is 497 g/mol. The zero-order valence-corrected chi connectivity index (χ0v) is 20.3. The van der Waals surface area contributed by atoms with Gasteiger partial charge < -0.3 is 18.6 Å². The second-order valence-corrected chi connectivity index (χ2v) is 10.3. The smallest absolute Gasteiger partial charge is 0.414 e. The minimum absolute atomic E-state index is 0.0124. The number of hydrogen-bond acceptors (Lipinski definition) is 7. The highest BCUT2D eigenvalue weighted by Gasteiger charge is 2.39. The second-order valence-electron chi connectivity index (χ2n) is 8.86. The summed E-state index contributed by atoms with van der Waals surface area (Å²) in [5.41, 5.74) is 2.88. The van der Waals surface area contributed by atoms with Crippen LogP contribution >= 0.6 is 0 Å². The zero-order valence-electron chi connectivity index (χ0n) is 19.5. The largest absolute Gasteiger partial charge is 0.486 e. The number of imidazole rings is 1. The van der Waals surface area contributed by atoms with Crippen LogP contribution in [0, 0.1) is 6.92 Å². The van der Waals surface area contributed by atoms with E-state index in [9.17, 15) is 13.2 Å². The van der Waals surface area contributed by atoms with Gasteiger partial charge in [0.1, 0.15) is 30.0 Å². The van der Waals surface area contributed by atoms with Crippen molar-refractivity contribution in [3.8, 4) is 11.5 Å². The van der Waals surface area contributed by atoms with Crippen LogP contribution in [0.2, 0.25) is 0 Å². The minimum atomic E-state index is -4.07. The van der Waals surface area contributed by atoms with Crippen LogP contribution in [0.15, 0.2) is 61.2 Å². The molecule has 0 unspecified atom stereocenters. The number of amides is 1. The van der Waals surface area contributed by atoms with Gasteiger partial charge in [0.25, 0.3) is 5.91 Å². The van der Waals surface area contributed by atoms with Crippen LogP contribution in [0.1, 0.15) is 40.2 Å². The molecule has 2 atom stereocenters. The van der Waals surface area contributed by atoms with Gasteiger partial charge in [-0.05, 0) is 48.9 Å². The number of hydrogen-bond donors (Lipinski definition) is 0. The molecule has 10 heteroatoms. The summed E-state index contributed by atoms with van der Waals surface area (Å²) in [5, 5.41) is 0. The Hall–Kier alpha value is -3.37. The molecular weight excluding hydrogens is 470 g/mol. The average Bonchev–Trinajstić information content (AvgIpc) is 3.35. The van der Waals surface area contributed by atoms with Gasteiger partial charge in [-0.15, -0.1) is 0 Å². The zero-order chi connectivity index (χ0) is 24.6. The lowest BCUT2D eigenvalue weighted by molar-refractivity contribution is 0.0339. The molecular formula is C25H27N3O6S. The van der Waals surface area contributed by atoms with E-state index in [1.165, 1.54) is 24.5 Å². The van der Waals surface area contributed by atoms with Gasteiger partial charge in [0.2, 0.25) is 0 Å². The van der Waals surface area contributed by atoms with Crippen molar-refractivity contribution in [2.75, 3.05) is 20.2 Å². The topological polar surface area (TPSA) is 100.0 Å². The van der Waals surface area contributed by atoms with Crippen molar-refractivity contribution < 1.29 is 26.9 Å². The molecule has 2 aromatic carbocycles. The molecule has 1 aliphatic carbocycles. The van der Waals surface area contributed by atoms with Crippen LogP contribution in [-0.4, -0.2) is 60.6 Å². The van der Waals surface area contributed by atoms with E-state index in [1.54, 1.807) is 24.1 Å². The number of carbonyl (C=O) groups excluding carboxylic acids is 1. The third kappa shape index (κ3) is 4.89. The Balaban J connectivity index is 1.31. The van der Waals surface area contributed by atoms with Gasteiger partial charge in [-0.3, -0.25) is 4.79 Å². The van der Waals surface area contributed by atoms with Crippen LogP contribution in [0.3, 0.4) is 0 Å². The molecule has 0 N–H and O–H groups in total. The predicted octanol–water partition coefficient (Wildman–Crippen LogP) is 3.16. The number of carbonyl (C=O) groups is 1. The Morgan fingerprint density at radius 1 is 1.06 bits per heavy atom. The second kappa shape index (κ2) is 9.35. The van der Waals surface area contributed by atoms with E-state index in [0.717, 1.165) is 39.8 Å². The molecule has 184 valence electrons. The number of likely N-dealkylation sites (tertiary alicyclic amines) is 1. The standard InChI is InChI=1S/C25H27N3O6S/c1-17-5-3-8-21(18-9-10-18)24(17)25(29)27-14-22(32-2)23(15-27)33-19-6-4-7-20(13-19)34-35(30,31)28-12-11-26-16-28/h3-8,11-13,16,18,22-23H,9-10,14-15H2,1-2H3/t22-,23-/m1/s1. The number of aryl methyl sites for hydroxylation is 1. The molecule has 2 heterocycles. The molecule has 1 amide bonds.